The Morgan fingerprint density at radius 3 is 2.90 bits per heavy atom. The molecule has 0 bridgehead atoms. The van der Waals surface area contributed by atoms with Gasteiger partial charge in [0.15, 0.2) is 0 Å². The lowest BCUT2D eigenvalue weighted by Crippen LogP contribution is -2.34. The summed E-state index contributed by atoms with van der Waals surface area (Å²) in [6.07, 6.45) is 4.09. The first-order chi connectivity index (χ1) is 10.2. The standard InChI is InChI=1S/C16H22ClN3S/c1-3-8-18-15(11-14-7-9-20(2)19-14)12-21-16-6-4-5-13(17)10-16/h4-7,9-10,15,18H,3,8,11-12H2,1-2H3. The smallest absolute Gasteiger partial charge is 0.0640 e. The number of rotatable bonds is 8. The minimum absolute atomic E-state index is 0.420. The molecule has 0 aliphatic carbocycles. The normalized spacial score (nSPS) is 12.5. The summed E-state index contributed by atoms with van der Waals surface area (Å²) in [5.41, 5.74) is 1.14. The van der Waals surface area contributed by atoms with Crippen molar-refractivity contribution in [2.24, 2.45) is 7.05 Å². The Morgan fingerprint density at radius 1 is 1.38 bits per heavy atom. The van der Waals surface area contributed by atoms with E-state index in [1.165, 1.54) is 4.90 Å². The molecule has 1 unspecified atom stereocenters. The molecule has 0 aliphatic heterocycles. The quantitative estimate of drug-likeness (QED) is 0.750. The SMILES string of the molecule is CCCNC(CSc1cccc(Cl)c1)Cc1ccn(C)n1. The van der Waals surface area contributed by atoms with E-state index in [9.17, 15) is 0 Å². The van der Waals surface area contributed by atoms with Gasteiger partial charge < -0.3 is 5.32 Å². The zero-order valence-corrected chi connectivity index (χ0v) is 14.1. The molecular weight excluding hydrogens is 302 g/mol. The predicted octanol–water partition coefficient (Wildman–Crippen LogP) is 3.78. The molecule has 1 N–H and O–H groups in total. The Morgan fingerprint density at radius 2 is 2.24 bits per heavy atom. The van der Waals surface area contributed by atoms with Gasteiger partial charge in [-0.1, -0.05) is 24.6 Å². The van der Waals surface area contributed by atoms with Gasteiger partial charge in [-0.15, -0.1) is 11.8 Å². The number of hydrogen-bond donors (Lipinski definition) is 1. The van der Waals surface area contributed by atoms with Gasteiger partial charge in [-0.25, -0.2) is 0 Å². The second-order valence-electron chi connectivity index (χ2n) is 5.10. The minimum atomic E-state index is 0.420. The molecule has 0 radical (unpaired) electrons. The maximum Gasteiger partial charge on any atom is 0.0640 e. The fourth-order valence-electron chi connectivity index (χ4n) is 2.12. The van der Waals surface area contributed by atoms with Gasteiger partial charge in [0.05, 0.1) is 5.69 Å². The molecule has 3 nitrogen and oxygen atoms in total. The highest BCUT2D eigenvalue weighted by atomic mass is 35.5. The Labute approximate surface area is 136 Å². The van der Waals surface area contributed by atoms with Gasteiger partial charge in [0.2, 0.25) is 0 Å². The van der Waals surface area contributed by atoms with E-state index in [-0.39, 0.29) is 0 Å². The van der Waals surface area contributed by atoms with Crippen molar-refractivity contribution in [2.75, 3.05) is 12.3 Å². The fraction of sp³-hybridized carbons (Fsp3) is 0.438. The number of aromatic nitrogens is 2. The number of benzene rings is 1. The molecule has 1 aromatic carbocycles. The van der Waals surface area contributed by atoms with Gasteiger partial charge in [-0.2, -0.15) is 5.10 Å². The summed E-state index contributed by atoms with van der Waals surface area (Å²) in [7, 11) is 1.96. The van der Waals surface area contributed by atoms with Crippen LogP contribution in [0.4, 0.5) is 0 Å². The van der Waals surface area contributed by atoms with E-state index >= 15 is 0 Å². The van der Waals surface area contributed by atoms with Crippen molar-refractivity contribution in [3.8, 4) is 0 Å². The van der Waals surface area contributed by atoms with Gasteiger partial charge in [-0.05, 0) is 37.2 Å². The molecule has 2 aromatic rings. The summed E-state index contributed by atoms with van der Waals surface area (Å²) >= 11 is 7.87. The van der Waals surface area contributed by atoms with Crippen LogP contribution in [0.15, 0.2) is 41.4 Å². The first kappa shape index (κ1) is 16.4. The van der Waals surface area contributed by atoms with Crippen LogP contribution in [0.3, 0.4) is 0 Å². The number of hydrogen-bond acceptors (Lipinski definition) is 3. The summed E-state index contributed by atoms with van der Waals surface area (Å²) in [6.45, 7) is 3.22. The van der Waals surface area contributed by atoms with Crippen molar-refractivity contribution < 1.29 is 0 Å². The highest BCUT2D eigenvalue weighted by molar-refractivity contribution is 7.99. The van der Waals surface area contributed by atoms with Crippen molar-refractivity contribution in [1.29, 1.82) is 0 Å². The molecule has 0 fully saturated rings. The summed E-state index contributed by atoms with van der Waals surface area (Å²) in [6, 6.07) is 10.5. The van der Waals surface area contributed by atoms with Crippen molar-refractivity contribution in [2.45, 2.75) is 30.7 Å². The van der Waals surface area contributed by atoms with Crippen molar-refractivity contribution in [3.05, 3.63) is 47.2 Å². The van der Waals surface area contributed by atoms with Crippen LogP contribution in [0.2, 0.25) is 5.02 Å². The molecule has 21 heavy (non-hydrogen) atoms. The molecule has 114 valence electrons. The van der Waals surface area contributed by atoms with Gasteiger partial charge in [0.1, 0.15) is 0 Å². The lowest BCUT2D eigenvalue weighted by atomic mass is 10.2. The monoisotopic (exact) mass is 323 g/mol. The Hall–Kier alpha value is -0.970. The Kier molecular flexibility index (Phi) is 6.61. The molecule has 1 atom stereocenters. The third-order valence-corrected chi connectivity index (χ3v) is 4.55. The molecule has 5 heteroatoms. The van der Waals surface area contributed by atoms with E-state index in [2.05, 4.69) is 29.5 Å². The highest BCUT2D eigenvalue weighted by Gasteiger charge is 2.11. The van der Waals surface area contributed by atoms with Crippen LogP contribution >= 0.6 is 23.4 Å². The van der Waals surface area contributed by atoms with E-state index in [4.69, 9.17) is 11.6 Å². The van der Waals surface area contributed by atoms with E-state index in [1.807, 2.05) is 47.9 Å². The third-order valence-electron chi connectivity index (χ3n) is 3.15. The molecule has 1 heterocycles. The first-order valence-electron chi connectivity index (χ1n) is 7.27. The van der Waals surface area contributed by atoms with Crippen molar-refractivity contribution >= 4 is 23.4 Å². The number of thioether (sulfide) groups is 1. The minimum Gasteiger partial charge on any atom is -0.313 e. The first-order valence-corrected chi connectivity index (χ1v) is 8.64. The van der Waals surface area contributed by atoms with Crippen LogP contribution in [0, 0.1) is 0 Å². The summed E-state index contributed by atoms with van der Waals surface area (Å²) in [4.78, 5) is 1.21. The number of halogens is 1. The fourth-order valence-corrected chi connectivity index (χ4v) is 3.39. The summed E-state index contributed by atoms with van der Waals surface area (Å²) in [5.74, 6) is 1.01. The van der Waals surface area contributed by atoms with Crippen LogP contribution in [0.25, 0.3) is 0 Å². The molecule has 1 aromatic heterocycles. The number of aryl methyl sites for hydroxylation is 1. The van der Waals surface area contributed by atoms with E-state index in [0.717, 1.165) is 35.9 Å². The molecular formula is C16H22ClN3S. The average Bonchev–Trinajstić information content (AvgIpc) is 2.87. The van der Waals surface area contributed by atoms with E-state index in [0.29, 0.717) is 6.04 Å². The molecule has 0 aliphatic rings. The van der Waals surface area contributed by atoms with E-state index < -0.39 is 0 Å². The topological polar surface area (TPSA) is 29.9 Å². The highest BCUT2D eigenvalue weighted by Crippen LogP contribution is 2.22. The lowest BCUT2D eigenvalue weighted by Gasteiger charge is -2.17. The van der Waals surface area contributed by atoms with Crippen LogP contribution in [0.1, 0.15) is 19.0 Å². The third kappa shape index (κ3) is 5.73. The number of nitrogens with zero attached hydrogens (tertiary/aromatic N) is 2. The zero-order chi connectivity index (χ0) is 15.1. The lowest BCUT2D eigenvalue weighted by molar-refractivity contribution is 0.541. The Bertz CT molecular complexity index is 556. The second kappa shape index (κ2) is 8.47. The number of nitrogens with one attached hydrogen (secondary N) is 1. The summed E-state index contributed by atoms with van der Waals surface area (Å²) in [5, 5.41) is 8.88. The van der Waals surface area contributed by atoms with Gasteiger partial charge in [-0.3, -0.25) is 4.68 Å². The Balaban J connectivity index is 1.92. The predicted molar refractivity (Wildman–Crippen MR) is 91.2 cm³/mol. The molecule has 0 amide bonds. The van der Waals surface area contributed by atoms with Crippen LogP contribution in [-0.4, -0.2) is 28.1 Å². The van der Waals surface area contributed by atoms with Gasteiger partial charge in [0, 0.05) is 41.4 Å². The summed E-state index contributed by atoms with van der Waals surface area (Å²) < 4.78 is 1.86. The van der Waals surface area contributed by atoms with Crippen molar-refractivity contribution in [3.63, 3.8) is 0 Å². The molecule has 0 saturated heterocycles. The molecule has 0 spiro atoms. The maximum absolute atomic E-state index is 6.03. The molecule has 0 saturated carbocycles. The van der Waals surface area contributed by atoms with E-state index in [1.54, 1.807) is 0 Å². The van der Waals surface area contributed by atoms with Crippen LogP contribution < -0.4 is 5.32 Å². The van der Waals surface area contributed by atoms with Crippen molar-refractivity contribution in [1.82, 2.24) is 15.1 Å². The van der Waals surface area contributed by atoms with Gasteiger partial charge >= 0.3 is 0 Å². The van der Waals surface area contributed by atoms with Gasteiger partial charge in [0.25, 0.3) is 0 Å². The second-order valence-corrected chi connectivity index (χ2v) is 6.63. The zero-order valence-electron chi connectivity index (χ0n) is 12.6. The largest absolute Gasteiger partial charge is 0.313 e. The average molecular weight is 324 g/mol. The van der Waals surface area contributed by atoms with Crippen LogP contribution in [0.5, 0.6) is 0 Å². The molecule has 2 rings (SSSR count). The maximum atomic E-state index is 6.03. The van der Waals surface area contributed by atoms with Crippen LogP contribution in [-0.2, 0) is 13.5 Å².